The van der Waals surface area contributed by atoms with Crippen molar-refractivity contribution in [3.63, 3.8) is 0 Å². The number of benzene rings is 1. The topological polar surface area (TPSA) is 78.4 Å². The third kappa shape index (κ3) is 4.78. The minimum Gasteiger partial charge on any atom is -0.388 e. The summed E-state index contributed by atoms with van der Waals surface area (Å²) in [7, 11) is 0. The Morgan fingerprint density at radius 3 is 2.38 bits per heavy atom. The number of nitrogens with one attached hydrogen (secondary N) is 2. The second-order valence-electron chi connectivity index (χ2n) is 5.28. The maximum Gasteiger partial charge on any atom is 0.313 e. The molecule has 0 aromatic heterocycles. The maximum atomic E-state index is 13.0. The predicted octanol–water partition coefficient (Wildman–Crippen LogP) is 1.43. The molecule has 0 fully saturated rings. The largest absolute Gasteiger partial charge is 0.388 e. The van der Waals surface area contributed by atoms with Gasteiger partial charge in [-0.25, -0.2) is 8.78 Å². The fourth-order valence-electron chi connectivity index (χ4n) is 1.31. The van der Waals surface area contributed by atoms with E-state index in [9.17, 15) is 23.5 Å². The third-order valence-electron chi connectivity index (χ3n) is 3.23. The fourth-order valence-corrected chi connectivity index (χ4v) is 1.31. The minimum absolute atomic E-state index is 0.0373. The highest BCUT2D eigenvalue weighted by molar-refractivity contribution is 6.39. The zero-order chi connectivity index (χ0) is 16.2. The molecule has 0 aliphatic carbocycles. The molecule has 0 aliphatic heterocycles. The summed E-state index contributed by atoms with van der Waals surface area (Å²) in [5.74, 6) is -4.30. The van der Waals surface area contributed by atoms with Gasteiger partial charge >= 0.3 is 11.8 Å². The predicted molar refractivity (Wildman–Crippen MR) is 73.5 cm³/mol. The van der Waals surface area contributed by atoms with Crippen molar-refractivity contribution in [3.05, 3.63) is 29.8 Å². The highest BCUT2D eigenvalue weighted by Gasteiger charge is 2.26. The van der Waals surface area contributed by atoms with Gasteiger partial charge in [-0.05, 0) is 25.0 Å². The van der Waals surface area contributed by atoms with Crippen LogP contribution in [0.2, 0.25) is 0 Å². The van der Waals surface area contributed by atoms with Gasteiger partial charge in [-0.3, -0.25) is 9.59 Å². The van der Waals surface area contributed by atoms with Crippen LogP contribution in [0.5, 0.6) is 0 Å². The quantitative estimate of drug-likeness (QED) is 0.736. The van der Waals surface area contributed by atoms with E-state index < -0.39 is 29.0 Å². The van der Waals surface area contributed by atoms with Gasteiger partial charge in [-0.1, -0.05) is 13.8 Å². The summed E-state index contributed by atoms with van der Waals surface area (Å²) in [6.45, 7) is 4.97. The molecule has 2 amide bonds. The Bertz CT molecular complexity index is 545. The molecule has 116 valence electrons. The van der Waals surface area contributed by atoms with E-state index in [1.165, 1.54) is 6.92 Å². The van der Waals surface area contributed by atoms with Crippen LogP contribution >= 0.6 is 0 Å². The van der Waals surface area contributed by atoms with Crippen molar-refractivity contribution in [1.29, 1.82) is 0 Å². The highest BCUT2D eigenvalue weighted by atomic mass is 19.2. The number of carbonyl (C=O) groups excluding carboxylic acids is 2. The molecule has 1 unspecified atom stereocenters. The Hall–Kier alpha value is -2.02. The number of hydrogen-bond donors (Lipinski definition) is 3. The van der Waals surface area contributed by atoms with Crippen LogP contribution in [0.3, 0.4) is 0 Å². The maximum absolute atomic E-state index is 13.0. The van der Waals surface area contributed by atoms with Crippen molar-refractivity contribution >= 4 is 17.5 Å². The average Bonchev–Trinajstić information content (AvgIpc) is 2.40. The first-order valence-corrected chi connectivity index (χ1v) is 6.40. The Morgan fingerprint density at radius 2 is 1.86 bits per heavy atom. The fraction of sp³-hybridized carbons (Fsp3) is 0.429. The number of rotatable bonds is 4. The first-order chi connectivity index (χ1) is 9.63. The molecule has 0 bridgehead atoms. The molecule has 0 saturated heterocycles. The van der Waals surface area contributed by atoms with Gasteiger partial charge in [0.2, 0.25) is 0 Å². The molecule has 0 aliphatic rings. The molecule has 1 rings (SSSR count). The normalized spacial score (nSPS) is 13.7. The molecule has 21 heavy (non-hydrogen) atoms. The molecule has 0 spiro atoms. The zero-order valence-electron chi connectivity index (χ0n) is 12.0. The minimum atomic E-state index is -1.15. The summed E-state index contributed by atoms with van der Waals surface area (Å²) in [4.78, 5) is 23.1. The third-order valence-corrected chi connectivity index (χ3v) is 3.23. The average molecular weight is 300 g/mol. The molecule has 1 aromatic rings. The number of aliphatic hydroxyl groups is 1. The number of carbonyl (C=O) groups is 2. The van der Waals surface area contributed by atoms with Crippen LogP contribution in [0.4, 0.5) is 14.5 Å². The lowest BCUT2D eigenvalue weighted by molar-refractivity contribution is -0.137. The van der Waals surface area contributed by atoms with Crippen LogP contribution in [0.25, 0.3) is 0 Å². The van der Waals surface area contributed by atoms with Gasteiger partial charge in [0.15, 0.2) is 11.6 Å². The van der Waals surface area contributed by atoms with Gasteiger partial charge in [0.1, 0.15) is 0 Å². The van der Waals surface area contributed by atoms with Crippen molar-refractivity contribution in [2.45, 2.75) is 26.4 Å². The van der Waals surface area contributed by atoms with Crippen molar-refractivity contribution in [2.24, 2.45) is 5.92 Å². The second kappa shape index (κ2) is 6.62. The van der Waals surface area contributed by atoms with Gasteiger partial charge in [-0.2, -0.15) is 0 Å². The van der Waals surface area contributed by atoms with E-state index in [1.54, 1.807) is 13.8 Å². The van der Waals surface area contributed by atoms with Crippen LogP contribution in [-0.4, -0.2) is 29.1 Å². The Labute approximate surface area is 121 Å². The molecule has 1 aromatic carbocycles. The molecule has 5 nitrogen and oxygen atoms in total. The van der Waals surface area contributed by atoms with Gasteiger partial charge < -0.3 is 15.7 Å². The molecule has 3 N–H and O–H groups in total. The molecule has 0 heterocycles. The Morgan fingerprint density at radius 1 is 1.24 bits per heavy atom. The summed E-state index contributed by atoms with van der Waals surface area (Å²) < 4.78 is 25.7. The van der Waals surface area contributed by atoms with Gasteiger partial charge in [0.05, 0.1) is 5.60 Å². The van der Waals surface area contributed by atoms with E-state index in [-0.39, 0.29) is 18.2 Å². The van der Waals surface area contributed by atoms with Crippen molar-refractivity contribution in [3.8, 4) is 0 Å². The van der Waals surface area contributed by atoms with Crippen molar-refractivity contribution < 1.29 is 23.5 Å². The van der Waals surface area contributed by atoms with E-state index in [2.05, 4.69) is 10.6 Å². The molecule has 7 heteroatoms. The van der Waals surface area contributed by atoms with Crippen LogP contribution in [0.1, 0.15) is 20.8 Å². The summed E-state index contributed by atoms with van der Waals surface area (Å²) >= 11 is 0. The van der Waals surface area contributed by atoms with E-state index in [0.717, 1.165) is 18.2 Å². The summed E-state index contributed by atoms with van der Waals surface area (Å²) in [6, 6.07) is 2.74. The lowest BCUT2D eigenvalue weighted by Gasteiger charge is -2.27. The van der Waals surface area contributed by atoms with Crippen molar-refractivity contribution in [2.75, 3.05) is 11.9 Å². The Kier molecular flexibility index (Phi) is 5.37. The molecule has 0 saturated carbocycles. The second-order valence-corrected chi connectivity index (χ2v) is 5.28. The SMILES string of the molecule is CC(C)C(C)(O)CNC(=O)C(=O)Nc1ccc(F)c(F)c1. The van der Waals surface area contributed by atoms with Gasteiger partial charge in [-0.15, -0.1) is 0 Å². The van der Waals surface area contributed by atoms with Gasteiger partial charge in [0.25, 0.3) is 0 Å². The van der Waals surface area contributed by atoms with E-state index >= 15 is 0 Å². The molecular formula is C14H18F2N2O3. The Balaban J connectivity index is 2.59. The lowest BCUT2D eigenvalue weighted by Crippen LogP contribution is -2.47. The van der Waals surface area contributed by atoms with Crippen LogP contribution in [0, 0.1) is 17.6 Å². The molecular weight excluding hydrogens is 282 g/mol. The van der Waals surface area contributed by atoms with Crippen LogP contribution in [-0.2, 0) is 9.59 Å². The number of halogens is 2. The smallest absolute Gasteiger partial charge is 0.313 e. The standard InChI is InChI=1S/C14H18F2N2O3/c1-8(2)14(3,21)7-17-12(19)13(20)18-9-4-5-10(15)11(16)6-9/h4-6,8,21H,7H2,1-3H3,(H,17,19)(H,18,20). The number of amides is 2. The molecule has 0 radical (unpaired) electrons. The first kappa shape index (κ1) is 17.0. The summed E-state index contributed by atoms with van der Waals surface area (Å²) in [5, 5.41) is 14.4. The van der Waals surface area contributed by atoms with E-state index in [1.807, 2.05) is 0 Å². The number of hydrogen-bond acceptors (Lipinski definition) is 3. The van der Waals surface area contributed by atoms with Crippen LogP contribution in [0.15, 0.2) is 18.2 Å². The van der Waals surface area contributed by atoms with Gasteiger partial charge in [0, 0.05) is 18.3 Å². The van der Waals surface area contributed by atoms with E-state index in [0.29, 0.717) is 0 Å². The lowest BCUT2D eigenvalue weighted by atomic mass is 9.92. The summed E-state index contributed by atoms with van der Waals surface area (Å²) in [5.41, 5.74) is -1.19. The molecule has 1 atom stereocenters. The van der Waals surface area contributed by atoms with Crippen molar-refractivity contribution in [1.82, 2.24) is 5.32 Å². The first-order valence-electron chi connectivity index (χ1n) is 6.40. The van der Waals surface area contributed by atoms with Crippen LogP contribution < -0.4 is 10.6 Å². The highest BCUT2D eigenvalue weighted by Crippen LogP contribution is 2.15. The van der Waals surface area contributed by atoms with E-state index in [4.69, 9.17) is 0 Å². The zero-order valence-corrected chi connectivity index (χ0v) is 12.0. The monoisotopic (exact) mass is 300 g/mol. The summed E-state index contributed by atoms with van der Waals surface area (Å²) in [6.07, 6.45) is 0. The number of anilines is 1.